The Hall–Kier alpha value is -7.14. The average Bonchev–Trinajstić information content (AvgIpc) is 3.79. The van der Waals surface area contributed by atoms with Crippen molar-refractivity contribution in [3.63, 3.8) is 0 Å². The summed E-state index contributed by atoms with van der Waals surface area (Å²) in [5.41, 5.74) is 10.1. The van der Waals surface area contributed by atoms with E-state index in [1.165, 1.54) is 52.8 Å². The highest BCUT2D eigenvalue weighted by Gasteiger charge is 2.19. The Bertz CT molecular complexity index is 3180. The van der Waals surface area contributed by atoms with Gasteiger partial charge in [0, 0.05) is 70.8 Å². The number of benzene rings is 9. The van der Waals surface area contributed by atoms with Gasteiger partial charge in [-0.3, -0.25) is 0 Å². The van der Waals surface area contributed by atoms with Crippen LogP contribution in [0.5, 0.6) is 0 Å². The zero-order valence-electron chi connectivity index (χ0n) is 30.5. The van der Waals surface area contributed by atoms with E-state index >= 15 is 0 Å². The van der Waals surface area contributed by atoms with Crippen LogP contribution in [0, 0.1) is 0 Å². The minimum Gasteiger partial charge on any atom is -0.310 e. The molecular formula is C52H35N3S. The van der Waals surface area contributed by atoms with Crippen LogP contribution in [-0.4, -0.2) is 4.57 Å². The van der Waals surface area contributed by atoms with Gasteiger partial charge in [0.25, 0.3) is 0 Å². The number of rotatable bonds is 7. The van der Waals surface area contributed by atoms with E-state index < -0.39 is 0 Å². The number of aromatic nitrogens is 1. The molecule has 56 heavy (non-hydrogen) atoms. The van der Waals surface area contributed by atoms with Crippen molar-refractivity contribution in [1.82, 2.24) is 4.57 Å². The molecule has 0 radical (unpaired) electrons. The van der Waals surface area contributed by atoms with Crippen LogP contribution in [-0.2, 0) is 0 Å². The smallest absolute Gasteiger partial charge is 0.0561 e. The summed E-state index contributed by atoms with van der Waals surface area (Å²) >= 11 is 1.87. The SMILES string of the molecule is c1ccc(N(c2ccc(N(c3ccccc3)c3ccc4c5ccccc5n(-c5ccccc5)c4c3)cc2)c2ccc3sc4cc5ccccc5cc4c3c2)cc1. The molecule has 0 atom stereocenters. The van der Waals surface area contributed by atoms with Crippen molar-refractivity contribution >= 4 is 98.2 Å². The van der Waals surface area contributed by atoms with E-state index in [1.807, 2.05) is 11.3 Å². The van der Waals surface area contributed by atoms with E-state index in [9.17, 15) is 0 Å². The second-order valence-corrected chi connectivity index (χ2v) is 15.3. The fourth-order valence-corrected chi connectivity index (χ4v) is 9.46. The number of fused-ring (bicyclic) bond motifs is 7. The second-order valence-electron chi connectivity index (χ2n) is 14.2. The molecule has 0 fully saturated rings. The summed E-state index contributed by atoms with van der Waals surface area (Å²) in [6.07, 6.45) is 0. The summed E-state index contributed by atoms with van der Waals surface area (Å²) in [5.74, 6) is 0. The lowest BCUT2D eigenvalue weighted by Gasteiger charge is -2.28. The highest BCUT2D eigenvalue weighted by atomic mass is 32.1. The molecule has 0 bridgehead atoms. The molecule has 2 aromatic heterocycles. The normalized spacial score (nSPS) is 11.6. The first kappa shape index (κ1) is 32.3. The summed E-state index contributed by atoms with van der Waals surface area (Å²) in [6.45, 7) is 0. The van der Waals surface area contributed by atoms with E-state index in [-0.39, 0.29) is 0 Å². The van der Waals surface area contributed by atoms with E-state index in [4.69, 9.17) is 0 Å². The minimum absolute atomic E-state index is 1.08. The summed E-state index contributed by atoms with van der Waals surface area (Å²) in [6, 6.07) is 76.8. The molecule has 11 aromatic rings. The molecular weight excluding hydrogens is 699 g/mol. The van der Waals surface area contributed by atoms with Gasteiger partial charge in [0.1, 0.15) is 0 Å². The zero-order valence-corrected chi connectivity index (χ0v) is 31.3. The van der Waals surface area contributed by atoms with Crippen LogP contribution in [0.1, 0.15) is 0 Å². The van der Waals surface area contributed by atoms with E-state index in [1.54, 1.807) is 0 Å². The third-order valence-corrected chi connectivity index (χ3v) is 12.0. The number of thiophene rings is 1. The summed E-state index contributed by atoms with van der Waals surface area (Å²) in [7, 11) is 0. The number of nitrogens with zero attached hydrogens (tertiary/aromatic N) is 3. The Balaban J connectivity index is 1.04. The maximum absolute atomic E-state index is 2.38. The number of para-hydroxylation sites is 4. The number of hydrogen-bond acceptors (Lipinski definition) is 3. The van der Waals surface area contributed by atoms with Crippen LogP contribution in [0.25, 0.3) is 58.4 Å². The standard InChI is InChI=1S/C52H35N3S/c1-4-16-38(17-5-1)53(43-29-31-51-48(34-43)47-32-36-14-10-11-15-37(36)33-52(47)56-51)41-24-26-42(27-25-41)54(39-18-6-2-7-19-39)44-28-30-46-45-22-12-13-23-49(45)55(50(46)35-44)40-20-8-3-9-21-40/h1-35H. The van der Waals surface area contributed by atoms with Gasteiger partial charge in [-0.15, -0.1) is 11.3 Å². The second kappa shape index (κ2) is 13.3. The summed E-state index contributed by atoms with van der Waals surface area (Å²) in [5, 5.41) is 7.61. The van der Waals surface area contributed by atoms with Gasteiger partial charge in [-0.25, -0.2) is 0 Å². The van der Waals surface area contributed by atoms with Gasteiger partial charge < -0.3 is 14.4 Å². The molecule has 9 aromatic carbocycles. The third-order valence-electron chi connectivity index (χ3n) is 10.9. The zero-order chi connectivity index (χ0) is 37.0. The quantitative estimate of drug-likeness (QED) is 0.162. The lowest BCUT2D eigenvalue weighted by molar-refractivity contribution is 1.18. The molecule has 0 aliphatic rings. The molecule has 264 valence electrons. The largest absolute Gasteiger partial charge is 0.310 e. The van der Waals surface area contributed by atoms with Crippen LogP contribution in [0.2, 0.25) is 0 Å². The first-order chi connectivity index (χ1) is 27.8. The van der Waals surface area contributed by atoms with Gasteiger partial charge >= 0.3 is 0 Å². The summed E-state index contributed by atoms with van der Waals surface area (Å²) < 4.78 is 4.99. The molecule has 0 amide bonds. The van der Waals surface area contributed by atoms with Gasteiger partial charge in [-0.2, -0.15) is 0 Å². The lowest BCUT2D eigenvalue weighted by atomic mass is 10.1. The van der Waals surface area contributed by atoms with Crippen molar-refractivity contribution in [3.05, 3.63) is 212 Å². The predicted octanol–water partition coefficient (Wildman–Crippen LogP) is 15.2. The lowest BCUT2D eigenvalue weighted by Crippen LogP contribution is -2.12. The van der Waals surface area contributed by atoms with E-state index in [2.05, 4.69) is 227 Å². The molecule has 11 rings (SSSR count). The minimum atomic E-state index is 1.08. The van der Waals surface area contributed by atoms with Crippen LogP contribution < -0.4 is 9.80 Å². The highest BCUT2D eigenvalue weighted by Crippen LogP contribution is 2.44. The Morgan fingerprint density at radius 3 is 1.46 bits per heavy atom. The highest BCUT2D eigenvalue weighted by molar-refractivity contribution is 7.25. The Morgan fingerprint density at radius 1 is 0.304 bits per heavy atom. The van der Waals surface area contributed by atoms with Crippen molar-refractivity contribution in [2.45, 2.75) is 0 Å². The number of anilines is 6. The Labute approximate surface area is 329 Å². The monoisotopic (exact) mass is 733 g/mol. The molecule has 0 unspecified atom stereocenters. The molecule has 0 spiro atoms. The molecule has 0 aliphatic carbocycles. The van der Waals surface area contributed by atoms with Crippen molar-refractivity contribution in [1.29, 1.82) is 0 Å². The van der Waals surface area contributed by atoms with Crippen LogP contribution in [0.4, 0.5) is 34.1 Å². The Morgan fingerprint density at radius 2 is 0.786 bits per heavy atom. The van der Waals surface area contributed by atoms with Gasteiger partial charge in [-0.1, -0.05) is 103 Å². The van der Waals surface area contributed by atoms with Gasteiger partial charge in [-0.05, 0) is 120 Å². The first-order valence-electron chi connectivity index (χ1n) is 19.0. The fraction of sp³-hybridized carbons (Fsp3) is 0. The maximum Gasteiger partial charge on any atom is 0.0561 e. The maximum atomic E-state index is 2.38. The Kier molecular flexibility index (Phi) is 7.68. The van der Waals surface area contributed by atoms with Crippen LogP contribution >= 0.6 is 11.3 Å². The van der Waals surface area contributed by atoms with Crippen LogP contribution in [0.3, 0.4) is 0 Å². The topological polar surface area (TPSA) is 11.4 Å². The molecule has 0 N–H and O–H groups in total. The molecule has 3 nitrogen and oxygen atoms in total. The molecule has 0 aliphatic heterocycles. The third kappa shape index (κ3) is 5.42. The number of hydrogen-bond donors (Lipinski definition) is 0. The van der Waals surface area contributed by atoms with Gasteiger partial charge in [0.05, 0.1) is 11.0 Å². The van der Waals surface area contributed by atoms with E-state index in [0.717, 1.165) is 39.8 Å². The van der Waals surface area contributed by atoms with Gasteiger partial charge in [0.2, 0.25) is 0 Å². The molecule has 2 heterocycles. The van der Waals surface area contributed by atoms with Crippen molar-refractivity contribution in [3.8, 4) is 5.69 Å². The van der Waals surface area contributed by atoms with E-state index in [0.29, 0.717) is 0 Å². The average molecular weight is 734 g/mol. The molecule has 4 heteroatoms. The molecule has 0 saturated carbocycles. The first-order valence-corrected chi connectivity index (χ1v) is 19.8. The van der Waals surface area contributed by atoms with Crippen molar-refractivity contribution < 1.29 is 0 Å². The van der Waals surface area contributed by atoms with Crippen molar-refractivity contribution in [2.75, 3.05) is 9.80 Å². The van der Waals surface area contributed by atoms with Crippen LogP contribution in [0.15, 0.2) is 212 Å². The predicted molar refractivity (Wildman–Crippen MR) is 241 cm³/mol. The van der Waals surface area contributed by atoms with Gasteiger partial charge in [0.15, 0.2) is 0 Å². The molecule has 0 saturated heterocycles. The summed E-state index contributed by atoms with van der Waals surface area (Å²) in [4.78, 5) is 4.72. The van der Waals surface area contributed by atoms with Crippen molar-refractivity contribution in [2.24, 2.45) is 0 Å². The fourth-order valence-electron chi connectivity index (χ4n) is 8.34.